The molecule has 1 saturated heterocycles. The zero-order valence-corrected chi connectivity index (χ0v) is 13.3. The Balaban J connectivity index is 1.94. The van der Waals surface area contributed by atoms with Gasteiger partial charge in [-0.1, -0.05) is 0 Å². The summed E-state index contributed by atoms with van der Waals surface area (Å²) < 4.78 is 19.2. The van der Waals surface area contributed by atoms with Crippen LogP contribution in [0.2, 0.25) is 0 Å². The average molecular weight is 356 g/mol. The number of hydrogen-bond acceptors (Lipinski definition) is 4. The number of carbonyl (C=O) groups excluding carboxylic acids is 3. The number of nitrogens with one attached hydrogen (secondary N) is 3. The molecule has 0 aliphatic carbocycles. The Morgan fingerprint density at radius 3 is 2.92 bits per heavy atom. The maximum Gasteiger partial charge on any atom is 0.322 e. The molecule has 1 fully saturated rings. The molecule has 7 nitrogen and oxygen atoms in total. The van der Waals surface area contributed by atoms with E-state index in [4.69, 9.17) is 16.3 Å². The summed E-state index contributed by atoms with van der Waals surface area (Å²) in [4.78, 5) is 36.2. The van der Waals surface area contributed by atoms with Crippen molar-refractivity contribution >= 4 is 29.4 Å². The van der Waals surface area contributed by atoms with Gasteiger partial charge >= 0.3 is 6.03 Å². The fourth-order valence-electron chi connectivity index (χ4n) is 2.88. The third-order valence-electron chi connectivity index (χ3n) is 4.01. The first-order chi connectivity index (χ1) is 11.5. The molecule has 0 saturated carbocycles. The van der Waals surface area contributed by atoms with Crippen LogP contribution in [-0.4, -0.2) is 36.4 Å². The molecular formula is C15H15ClFN3O4. The Kier molecular flexibility index (Phi) is 4.31. The van der Waals surface area contributed by atoms with Gasteiger partial charge in [-0.05, 0) is 24.6 Å². The van der Waals surface area contributed by atoms with Crippen LogP contribution in [0.15, 0.2) is 18.2 Å². The molecule has 0 bridgehead atoms. The van der Waals surface area contributed by atoms with E-state index >= 15 is 0 Å². The number of carbonyl (C=O) groups is 3. The van der Waals surface area contributed by atoms with Crippen LogP contribution in [0.1, 0.15) is 18.4 Å². The summed E-state index contributed by atoms with van der Waals surface area (Å²) in [6, 6.07) is 2.93. The number of amides is 4. The van der Waals surface area contributed by atoms with E-state index in [-0.39, 0.29) is 17.7 Å². The largest absolute Gasteiger partial charge is 0.480 e. The van der Waals surface area contributed by atoms with Gasteiger partial charge in [0.1, 0.15) is 11.6 Å². The van der Waals surface area contributed by atoms with Crippen molar-refractivity contribution in [2.75, 3.05) is 12.4 Å². The van der Waals surface area contributed by atoms with Gasteiger partial charge in [-0.2, -0.15) is 0 Å². The number of halogens is 2. The number of urea groups is 1. The van der Waals surface area contributed by atoms with Gasteiger partial charge in [0.2, 0.25) is 0 Å². The van der Waals surface area contributed by atoms with Crippen molar-refractivity contribution in [2.24, 2.45) is 0 Å². The predicted octanol–water partition coefficient (Wildman–Crippen LogP) is 0.757. The minimum atomic E-state index is -1.53. The van der Waals surface area contributed by atoms with Crippen molar-refractivity contribution in [3.8, 4) is 5.75 Å². The van der Waals surface area contributed by atoms with Crippen LogP contribution in [0.5, 0.6) is 5.75 Å². The van der Waals surface area contributed by atoms with Crippen LogP contribution in [0.25, 0.3) is 0 Å². The number of benzene rings is 1. The molecule has 0 aromatic heterocycles. The van der Waals surface area contributed by atoms with Crippen molar-refractivity contribution in [3.05, 3.63) is 29.6 Å². The van der Waals surface area contributed by atoms with E-state index < -0.39 is 35.3 Å². The van der Waals surface area contributed by atoms with Crippen molar-refractivity contribution in [1.82, 2.24) is 16.0 Å². The molecule has 2 aliphatic heterocycles. The lowest BCUT2D eigenvalue weighted by molar-refractivity contribution is -0.133. The Hall–Kier alpha value is -2.35. The number of ether oxygens (including phenoxy) is 1. The topological polar surface area (TPSA) is 96.5 Å². The minimum absolute atomic E-state index is 0.131. The van der Waals surface area contributed by atoms with Gasteiger partial charge in [-0.3, -0.25) is 14.9 Å². The second kappa shape index (κ2) is 6.27. The maximum absolute atomic E-state index is 13.6. The van der Waals surface area contributed by atoms with Crippen LogP contribution >= 0.6 is 11.6 Å². The second-order valence-electron chi connectivity index (χ2n) is 5.60. The van der Waals surface area contributed by atoms with Gasteiger partial charge in [0.25, 0.3) is 11.8 Å². The van der Waals surface area contributed by atoms with E-state index in [0.717, 1.165) is 12.1 Å². The van der Waals surface area contributed by atoms with Gasteiger partial charge in [-0.15, -0.1) is 11.6 Å². The predicted molar refractivity (Wildman–Crippen MR) is 82.1 cm³/mol. The second-order valence-corrected chi connectivity index (χ2v) is 5.98. The van der Waals surface area contributed by atoms with Crippen LogP contribution in [0.4, 0.5) is 9.18 Å². The molecule has 0 radical (unpaired) electrons. The smallest absolute Gasteiger partial charge is 0.322 e. The standard InChI is InChI=1S/C15H15ClFN3O4/c16-4-1-5-18-12(21)11-7-15(13(22)19-14(23)20-15)9-6-8(17)2-3-10(9)24-11/h2-3,6,11H,1,4-5,7H2,(H,18,21)(H2,19,20,22,23). The van der Waals surface area contributed by atoms with Crippen molar-refractivity contribution in [3.63, 3.8) is 0 Å². The van der Waals surface area contributed by atoms with E-state index in [2.05, 4.69) is 16.0 Å². The Morgan fingerprint density at radius 1 is 1.46 bits per heavy atom. The zero-order chi connectivity index (χ0) is 17.3. The number of alkyl halides is 1. The third kappa shape index (κ3) is 2.77. The first-order valence-electron chi connectivity index (χ1n) is 7.40. The SMILES string of the molecule is O=C1NC(=O)C2(CC(C(=O)NCCCCl)Oc3ccc(F)cc32)N1. The van der Waals surface area contributed by atoms with Crippen molar-refractivity contribution in [2.45, 2.75) is 24.5 Å². The quantitative estimate of drug-likeness (QED) is 0.422. The molecule has 128 valence electrons. The molecule has 4 amide bonds. The molecule has 9 heteroatoms. The highest BCUT2D eigenvalue weighted by Gasteiger charge is 2.54. The summed E-state index contributed by atoms with van der Waals surface area (Å²) in [5.41, 5.74) is -1.34. The lowest BCUT2D eigenvalue weighted by Gasteiger charge is -2.36. The zero-order valence-electron chi connectivity index (χ0n) is 12.5. The Bertz CT molecular complexity index is 714. The van der Waals surface area contributed by atoms with Gasteiger partial charge in [0.15, 0.2) is 11.6 Å². The molecule has 2 aliphatic rings. The van der Waals surface area contributed by atoms with Crippen LogP contribution in [0.3, 0.4) is 0 Å². The number of imide groups is 1. The van der Waals surface area contributed by atoms with Gasteiger partial charge in [-0.25, -0.2) is 9.18 Å². The summed E-state index contributed by atoms with van der Waals surface area (Å²) >= 11 is 5.57. The molecule has 2 heterocycles. The lowest BCUT2D eigenvalue weighted by atomic mass is 9.81. The van der Waals surface area contributed by atoms with Gasteiger partial charge in [0, 0.05) is 24.4 Å². The molecule has 1 aromatic carbocycles. The molecule has 24 heavy (non-hydrogen) atoms. The molecule has 2 atom stereocenters. The Morgan fingerprint density at radius 2 is 2.25 bits per heavy atom. The van der Waals surface area contributed by atoms with Crippen molar-refractivity contribution in [1.29, 1.82) is 0 Å². The third-order valence-corrected chi connectivity index (χ3v) is 4.27. The maximum atomic E-state index is 13.6. The lowest BCUT2D eigenvalue weighted by Crippen LogP contribution is -2.54. The normalized spacial score (nSPS) is 24.8. The monoisotopic (exact) mass is 355 g/mol. The molecule has 3 N–H and O–H groups in total. The highest BCUT2D eigenvalue weighted by atomic mass is 35.5. The highest BCUT2D eigenvalue weighted by molar-refractivity contribution is 6.17. The fraction of sp³-hybridized carbons (Fsp3) is 0.400. The molecule has 2 unspecified atom stereocenters. The summed E-state index contributed by atoms with van der Waals surface area (Å²) in [6.07, 6.45) is -0.541. The summed E-state index contributed by atoms with van der Waals surface area (Å²) in [5, 5.41) is 7.30. The first kappa shape index (κ1) is 16.5. The first-order valence-corrected chi connectivity index (χ1v) is 7.94. The van der Waals surface area contributed by atoms with E-state index in [0.29, 0.717) is 18.8 Å². The number of rotatable bonds is 4. The molecule has 1 aromatic rings. The summed E-state index contributed by atoms with van der Waals surface area (Å²) in [7, 11) is 0. The van der Waals surface area contributed by atoms with E-state index in [1.807, 2.05) is 0 Å². The Labute approximate surface area is 141 Å². The summed E-state index contributed by atoms with van der Waals surface area (Å²) in [6.45, 7) is 0.365. The van der Waals surface area contributed by atoms with Crippen LogP contribution in [-0.2, 0) is 15.1 Å². The fourth-order valence-corrected chi connectivity index (χ4v) is 3.02. The van der Waals surface area contributed by atoms with Crippen LogP contribution in [0, 0.1) is 5.82 Å². The molecule has 1 spiro atoms. The number of hydrogen-bond donors (Lipinski definition) is 3. The average Bonchev–Trinajstić information content (AvgIpc) is 2.82. The number of fused-ring (bicyclic) bond motifs is 2. The highest BCUT2D eigenvalue weighted by Crippen LogP contribution is 2.41. The van der Waals surface area contributed by atoms with Crippen molar-refractivity contribution < 1.29 is 23.5 Å². The van der Waals surface area contributed by atoms with Gasteiger partial charge in [0.05, 0.1) is 0 Å². The molecule has 3 rings (SSSR count). The minimum Gasteiger partial charge on any atom is -0.480 e. The van der Waals surface area contributed by atoms with E-state index in [1.54, 1.807) is 0 Å². The van der Waals surface area contributed by atoms with E-state index in [1.165, 1.54) is 6.07 Å². The van der Waals surface area contributed by atoms with Crippen LogP contribution < -0.4 is 20.7 Å². The van der Waals surface area contributed by atoms with Gasteiger partial charge < -0.3 is 15.4 Å². The van der Waals surface area contributed by atoms with E-state index in [9.17, 15) is 18.8 Å². The summed E-state index contributed by atoms with van der Waals surface area (Å²) in [5.74, 6) is -1.06. The molecular weight excluding hydrogens is 341 g/mol.